The molecule has 0 amide bonds. The Morgan fingerprint density at radius 3 is 2.53 bits per heavy atom. The first kappa shape index (κ1) is 9.32. The van der Waals surface area contributed by atoms with Crippen molar-refractivity contribution in [3.8, 4) is 5.75 Å². The van der Waals surface area contributed by atoms with Crippen LogP contribution in [0.4, 0.5) is 5.69 Å². The molecule has 1 heterocycles. The third-order valence-corrected chi connectivity index (χ3v) is 2.07. The van der Waals surface area contributed by atoms with E-state index in [2.05, 4.69) is 9.97 Å². The number of aromatic nitrogens is 2. The summed E-state index contributed by atoms with van der Waals surface area (Å²) in [5.41, 5.74) is 5.43. The van der Waals surface area contributed by atoms with Crippen LogP contribution in [-0.4, -0.2) is 17.1 Å². The van der Waals surface area contributed by atoms with Crippen molar-refractivity contribution in [2.75, 3.05) is 12.8 Å². The zero-order valence-corrected chi connectivity index (χ0v) is 7.96. The minimum absolute atomic E-state index is 0.345. The molecule has 0 saturated carbocycles. The molecule has 1 aromatic heterocycles. The monoisotopic (exact) mass is 207 g/mol. The lowest BCUT2D eigenvalue weighted by molar-refractivity contribution is 0.415. The lowest BCUT2D eigenvalue weighted by Gasteiger charge is -2.04. The molecule has 0 bridgehead atoms. The summed E-state index contributed by atoms with van der Waals surface area (Å²) >= 11 is 0. The van der Waals surface area contributed by atoms with Crippen molar-refractivity contribution in [1.29, 1.82) is 0 Å². The van der Waals surface area contributed by atoms with Gasteiger partial charge >= 0.3 is 11.1 Å². The molecule has 0 aliphatic heterocycles. The van der Waals surface area contributed by atoms with Crippen LogP contribution >= 0.6 is 0 Å². The first-order valence-corrected chi connectivity index (χ1v) is 4.21. The highest BCUT2D eigenvalue weighted by atomic mass is 16.5. The number of nitrogens with two attached hydrogens (primary N) is 1. The van der Waals surface area contributed by atoms with E-state index < -0.39 is 11.1 Å². The van der Waals surface area contributed by atoms with Gasteiger partial charge < -0.3 is 20.4 Å². The zero-order valence-electron chi connectivity index (χ0n) is 7.96. The number of H-pyrrole nitrogens is 2. The molecular formula is C9H9N3O3. The molecule has 0 unspecified atom stereocenters. The predicted molar refractivity (Wildman–Crippen MR) is 56.2 cm³/mol. The lowest BCUT2D eigenvalue weighted by Crippen LogP contribution is -2.29. The number of hydrogen-bond donors (Lipinski definition) is 3. The normalized spacial score (nSPS) is 10.5. The number of hydrogen-bond acceptors (Lipinski definition) is 4. The Balaban J connectivity index is 2.92. The number of anilines is 1. The molecular weight excluding hydrogens is 198 g/mol. The van der Waals surface area contributed by atoms with Gasteiger partial charge in [-0.2, -0.15) is 0 Å². The summed E-state index contributed by atoms with van der Waals surface area (Å²) < 4.78 is 4.98. The average molecular weight is 207 g/mol. The second kappa shape index (κ2) is 3.16. The van der Waals surface area contributed by atoms with Gasteiger partial charge in [0.1, 0.15) is 5.75 Å². The van der Waals surface area contributed by atoms with Crippen LogP contribution in [0.1, 0.15) is 0 Å². The maximum atomic E-state index is 11.1. The Morgan fingerprint density at radius 1 is 1.20 bits per heavy atom. The van der Waals surface area contributed by atoms with Crippen molar-refractivity contribution in [3.63, 3.8) is 0 Å². The minimum Gasteiger partial charge on any atom is -0.497 e. The number of rotatable bonds is 1. The third kappa shape index (κ3) is 1.45. The van der Waals surface area contributed by atoms with Gasteiger partial charge in [-0.3, -0.25) is 9.59 Å². The molecule has 0 fully saturated rings. The summed E-state index contributed by atoms with van der Waals surface area (Å²) in [6.45, 7) is 0. The molecule has 0 aliphatic carbocycles. The highest BCUT2D eigenvalue weighted by Crippen LogP contribution is 2.22. The quantitative estimate of drug-likeness (QED) is 0.445. The molecule has 6 heteroatoms. The number of benzene rings is 1. The fourth-order valence-electron chi connectivity index (χ4n) is 1.34. The van der Waals surface area contributed by atoms with Crippen molar-refractivity contribution in [1.82, 2.24) is 9.97 Å². The molecule has 6 nitrogen and oxygen atoms in total. The van der Waals surface area contributed by atoms with Crippen LogP contribution in [0, 0.1) is 0 Å². The molecule has 0 saturated heterocycles. The van der Waals surface area contributed by atoms with Crippen LogP contribution < -0.4 is 21.6 Å². The SMILES string of the molecule is COc1cc(N)c2[nH]c(=O)c(=O)[nH]c2c1. The van der Waals surface area contributed by atoms with Crippen molar-refractivity contribution < 1.29 is 4.74 Å². The molecule has 0 spiro atoms. The average Bonchev–Trinajstić information content (AvgIpc) is 2.21. The number of aromatic amines is 2. The molecule has 2 rings (SSSR count). The van der Waals surface area contributed by atoms with Crippen molar-refractivity contribution >= 4 is 16.7 Å². The van der Waals surface area contributed by atoms with Gasteiger partial charge in [0.25, 0.3) is 0 Å². The van der Waals surface area contributed by atoms with Crippen molar-refractivity contribution in [2.45, 2.75) is 0 Å². The fourth-order valence-corrected chi connectivity index (χ4v) is 1.34. The lowest BCUT2D eigenvalue weighted by atomic mass is 10.2. The van der Waals surface area contributed by atoms with E-state index in [1.165, 1.54) is 7.11 Å². The van der Waals surface area contributed by atoms with Crippen LogP contribution in [0.2, 0.25) is 0 Å². The Bertz CT molecular complexity index is 627. The number of methoxy groups -OCH3 is 1. The summed E-state index contributed by atoms with van der Waals surface area (Å²) in [6, 6.07) is 3.15. The number of nitrogen functional groups attached to an aromatic ring is 1. The second-order valence-electron chi connectivity index (χ2n) is 3.05. The third-order valence-electron chi connectivity index (χ3n) is 2.07. The molecule has 0 radical (unpaired) electrons. The van der Waals surface area contributed by atoms with E-state index in [0.29, 0.717) is 22.5 Å². The van der Waals surface area contributed by atoms with Gasteiger partial charge in [0.05, 0.1) is 23.8 Å². The van der Waals surface area contributed by atoms with Gasteiger partial charge in [-0.1, -0.05) is 0 Å². The fraction of sp³-hybridized carbons (Fsp3) is 0.111. The molecule has 15 heavy (non-hydrogen) atoms. The number of nitrogens with one attached hydrogen (secondary N) is 2. The van der Waals surface area contributed by atoms with E-state index in [-0.39, 0.29) is 0 Å². The summed E-state index contributed by atoms with van der Waals surface area (Å²) in [5, 5.41) is 0. The molecule has 1 aromatic carbocycles. The van der Waals surface area contributed by atoms with Gasteiger partial charge in [-0.25, -0.2) is 0 Å². The number of fused-ring (bicyclic) bond motifs is 1. The van der Waals surface area contributed by atoms with Gasteiger partial charge in [-0.15, -0.1) is 0 Å². The van der Waals surface area contributed by atoms with Crippen LogP contribution in [0.15, 0.2) is 21.7 Å². The predicted octanol–water partition coefficient (Wildman–Crippen LogP) is -0.193. The summed E-state index contributed by atoms with van der Waals surface area (Å²) in [5.74, 6) is 0.516. The summed E-state index contributed by atoms with van der Waals surface area (Å²) in [4.78, 5) is 26.9. The van der Waals surface area contributed by atoms with E-state index in [4.69, 9.17) is 10.5 Å². The molecule has 78 valence electrons. The van der Waals surface area contributed by atoms with Gasteiger partial charge in [0, 0.05) is 12.1 Å². The van der Waals surface area contributed by atoms with E-state index >= 15 is 0 Å². The summed E-state index contributed by atoms with van der Waals surface area (Å²) in [6.07, 6.45) is 0. The Kier molecular flexibility index (Phi) is 1.96. The first-order chi connectivity index (χ1) is 7.11. The van der Waals surface area contributed by atoms with Crippen LogP contribution in [0.5, 0.6) is 5.75 Å². The van der Waals surface area contributed by atoms with Crippen LogP contribution in [0.25, 0.3) is 11.0 Å². The van der Waals surface area contributed by atoms with Crippen LogP contribution in [0.3, 0.4) is 0 Å². The molecule has 0 atom stereocenters. The Morgan fingerprint density at radius 2 is 1.87 bits per heavy atom. The Hall–Kier alpha value is -2.24. The maximum absolute atomic E-state index is 11.1. The first-order valence-electron chi connectivity index (χ1n) is 4.21. The van der Waals surface area contributed by atoms with E-state index in [9.17, 15) is 9.59 Å². The minimum atomic E-state index is -0.723. The summed E-state index contributed by atoms with van der Waals surface area (Å²) in [7, 11) is 1.49. The highest BCUT2D eigenvalue weighted by Gasteiger charge is 2.04. The van der Waals surface area contributed by atoms with Gasteiger partial charge in [-0.05, 0) is 0 Å². The van der Waals surface area contributed by atoms with E-state index in [1.807, 2.05) is 0 Å². The van der Waals surface area contributed by atoms with E-state index in [0.717, 1.165) is 0 Å². The molecule has 2 aromatic rings. The van der Waals surface area contributed by atoms with Crippen LogP contribution in [-0.2, 0) is 0 Å². The Labute approximate surface area is 83.7 Å². The second-order valence-corrected chi connectivity index (χ2v) is 3.05. The highest BCUT2D eigenvalue weighted by molar-refractivity contribution is 5.87. The van der Waals surface area contributed by atoms with Gasteiger partial charge in [0.15, 0.2) is 0 Å². The van der Waals surface area contributed by atoms with E-state index in [1.54, 1.807) is 12.1 Å². The maximum Gasteiger partial charge on any atom is 0.314 e. The van der Waals surface area contributed by atoms with Gasteiger partial charge in [0.2, 0.25) is 0 Å². The number of ether oxygens (including phenoxy) is 1. The zero-order chi connectivity index (χ0) is 11.0. The van der Waals surface area contributed by atoms with Crippen molar-refractivity contribution in [3.05, 3.63) is 32.8 Å². The van der Waals surface area contributed by atoms with Crippen molar-refractivity contribution in [2.24, 2.45) is 0 Å². The topological polar surface area (TPSA) is 101 Å². The smallest absolute Gasteiger partial charge is 0.314 e. The molecule has 0 aliphatic rings. The molecule has 4 N–H and O–H groups in total. The largest absolute Gasteiger partial charge is 0.497 e. The standard InChI is InChI=1S/C9H9N3O3/c1-15-4-2-5(10)7-6(3-4)11-8(13)9(14)12-7/h2-3H,10H2,1H3,(H,11,13)(H,12,14).